The quantitative estimate of drug-likeness (QED) is 0.663. The van der Waals surface area contributed by atoms with E-state index in [4.69, 9.17) is 0 Å². The molecule has 1 aliphatic heterocycles. The van der Waals surface area contributed by atoms with Gasteiger partial charge in [-0.05, 0) is 13.0 Å². The molecule has 1 aromatic carbocycles. The average Bonchev–Trinajstić information content (AvgIpc) is 2.37. The number of piperazine rings is 1. The van der Waals surface area contributed by atoms with Crippen LogP contribution in [0.15, 0.2) is 22.7 Å². The topological polar surface area (TPSA) is 75.5 Å². The third-order valence-corrected chi connectivity index (χ3v) is 3.56. The molecule has 0 radical (unpaired) electrons. The van der Waals surface area contributed by atoms with E-state index in [2.05, 4.69) is 21.2 Å². The minimum atomic E-state index is -0.497. The molecule has 7 heteroatoms. The van der Waals surface area contributed by atoms with Gasteiger partial charge in [0.2, 0.25) is 0 Å². The molecule has 0 spiro atoms. The smallest absolute Gasteiger partial charge is 0.271 e. The summed E-state index contributed by atoms with van der Waals surface area (Å²) in [4.78, 5) is 24.5. The first-order valence-electron chi connectivity index (χ1n) is 5.95. The van der Waals surface area contributed by atoms with Gasteiger partial charge in [-0.1, -0.05) is 15.9 Å². The number of nitro groups is 1. The van der Waals surface area contributed by atoms with Crippen molar-refractivity contribution in [2.75, 3.05) is 19.6 Å². The number of amides is 1. The van der Waals surface area contributed by atoms with Crippen molar-refractivity contribution >= 4 is 27.5 Å². The van der Waals surface area contributed by atoms with Gasteiger partial charge in [0.25, 0.3) is 11.6 Å². The Balaban J connectivity index is 2.30. The summed E-state index contributed by atoms with van der Waals surface area (Å²) in [7, 11) is 0. The van der Waals surface area contributed by atoms with Crippen LogP contribution in [0.2, 0.25) is 0 Å². The van der Waals surface area contributed by atoms with Crippen LogP contribution in [0.3, 0.4) is 0 Å². The van der Waals surface area contributed by atoms with Crippen LogP contribution >= 0.6 is 15.9 Å². The summed E-state index contributed by atoms with van der Waals surface area (Å²) in [5.41, 5.74) is 0.260. The Morgan fingerprint density at radius 1 is 1.53 bits per heavy atom. The van der Waals surface area contributed by atoms with E-state index in [9.17, 15) is 14.9 Å². The van der Waals surface area contributed by atoms with Crippen LogP contribution in [0, 0.1) is 10.1 Å². The molecule has 6 nitrogen and oxygen atoms in total. The second-order valence-electron chi connectivity index (χ2n) is 4.51. The van der Waals surface area contributed by atoms with Gasteiger partial charge in [0.15, 0.2) is 0 Å². The highest BCUT2D eigenvalue weighted by Crippen LogP contribution is 2.23. The molecule has 1 aromatic rings. The molecule has 0 aromatic heterocycles. The first-order valence-corrected chi connectivity index (χ1v) is 6.75. The number of hydrogen-bond donors (Lipinski definition) is 1. The van der Waals surface area contributed by atoms with Gasteiger partial charge >= 0.3 is 0 Å². The van der Waals surface area contributed by atoms with Crippen molar-refractivity contribution in [3.63, 3.8) is 0 Å². The number of non-ortho nitro benzene ring substituents is 1. The molecule has 1 heterocycles. The number of carbonyl (C=O) groups excluding carboxylic acids is 1. The Morgan fingerprint density at radius 3 is 2.89 bits per heavy atom. The van der Waals surface area contributed by atoms with Gasteiger partial charge in [0.1, 0.15) is 0 Å². The second-order valence-corrected chi connectivity index (χ2v) is 5.42. The van der Waals surface area contributed by atoms with Gasteiger partial charge < -0.3 is 10.2 Å². The van der Waals surface area contributed by atoms with E-state index in [1.54, 1.807) is 11.0 Å². The highest BCUT2D eigenvalue weighted by Gasteiger charge is 2.25. The fraction of sp³-hybridized carbons (Fsp3) is 0.417. The molecule has 0 saturated carbocycles. The lowest BCUT2D eigenvalue weighted by atomic mass is 10.1. The van der Waals surface area contributed by atoms with Crippen LogP contribution in [0.5, 0.6) is 0 Å². The molecule has 1 N–H and O–H groups in total. The van der Waals surface area contributed by atoms with Crippen LogP contribution < -0.4 is 5.32 Å². The molecule has 0 unspecified atom stereocenters. The van der Waals surface area contributed by atoms with Crippen LogP contribution in [-0.4, -0.2) is 41.4 Å². The number of carbonyl (C=O) groups is 1. The van der Waals surface area contributed by atoms with Gasteiger partial charge in [-0.3, -0.25) is 14.9 Å². The first-order chi connectivity index (χ1) is 8.99. The minimum absolute atomic E-state index is 0.0827. The van der Waals surface area contributed by atoms with Gasteiger partial charge in [-0.2, -0.15) is 0 Å². The molecule has 1 aliphatic rings. The fourth-order valence-corrected chi connectivity index (χ4v) is 2.59. The van der Waals surface area contributed by atoms with Crippen molar-refractivity contribution in [2.45, 2.75) is 13.0 Å². The van der Waals surface area contributed by atoms with Crippen LogP contribution in [0.25, 0.3) is 0 Å². The van der Waals surface area contributed by atoms with Crippen molar-refractivity contribution in [2.24, 2.45) is 0 Å². The Morgan fingerprint density at radius 2 is 2.26 bits per heavy atom. The van der Waals surface area contributed by atoms with E-state index in [-0.39, 0.29) is 17.6 Å². The van der Waals surface area contributed by atoms with Crippen LogP contribution in [0.1, 0.15) is 17.3 Å². The van der Waals surface area contributed by atoms with Crippen molar-refractivity contribution in [1.82, 2.24) is 10.2 Å². The number of nitrogens with zero attached hydrogens (tertiary/aromatic N) is 2. The van der Waals surface area contributed by atoms with Crippen molar-refractivity contribution < 1.29 is 9.72 Å². The van der Waals surface area contributed by atoms with E-state index in [1.807, 2.05) is 6.92 Å². The van der Waals surface area contributed by atoms with Crippen LogP contribution in [-0.2, 0) is 0 Å². The second kappa shape index (κ2) is 5.66. The van der Waals surface area contributed by atoms with Crippen molar-refractivity contribution in [1.29, 1.82) is 0 Å². The molecular formula is C12H14BrN3O3. The zero-order valence-corrected chi connectivity index (χ0v) is 12.0. The molecule has 0 bridgehead atoms. The number of benzene rings is 1. The number of halogens is 1. The summed E-state index contributed by atoms with van der Waals surface area (Å²) in [6, 6.07) is 4.41. The van der Waals surface area contributed by atoms with Gasteiger partial charge in [-0.25, -0.2) is 0 Å². The van der Waals surface area contributed by atoms with E-state index in [0.29, 0.717) is 16.6 Å². The summed E-state index contributed by atoms with van der Waals surface area (Å²) >= 11 is 3.20. The predicted molar refractivity (Wildman–Crippen MR) is 74.2 cm³/mol. The van der Waals surface area contributed by atoms with Gasteiger partial charge in [0.05, 0.1) is 4.92 Å². The zero-order chi connectivity index (χ0) is 14.0. The minimum Gasteiger partial charge on any atom is -0.333 e. The highest BCUT2D eigenvalue weighted by molar-refractivity contribution is 9.10. The van der Waals surface area contributed by atoms with Gasteiger partial charge in [-0.15, -0.1) is 0 Å². The lowest BCUT2D eigenvalue weighted by Crippen LogP contribution is -2.52. The predicted octanol–water partition coefficient (Wildman–Crippen LogP) is 1.79. The average molecular weight is 328 g/mol. The van der Waals surface area contributed by atoms with Gasteiger partial charge in [0, 0.05) is 47.8 Å². The summed E-state index contributed by atoms with van der Waals surface area (Å²) in [6.07, 6.45) is 0. The van der Waals surface area contributed by atoms with E-state index in [0.717, 1.165) is 13.1 Å². The Labute approximate surface area is 119 Å². The fourth-order valence-electron chi connectivity index (χ4n) is 2.11. The lowest BCUT2D eigenvalue weighted by Gasteiger charge is -2.34. The molecule has 1 atom stereocenters. The number of hydrogen-bond acceptors (Lipinski definition) is 4. The van der Waals surface area contributed by atoms with Crippen LogP contribution in [0.4, 0.5) is 5.69 Å². The maximum absolute atomic E-state index is 12.4. The largest absolute Gasteiger partial charge is 0.333 e. The molecule has 1 saturated heterocycles. The summed E-state index contributed by atoms with van der Waals surface area (Å²) in [5.74, 6) is -0.168. The monoisotopic (exact) mass is 327 g/mol. The number of nitro benzene ring substituents is 1. The zero-order valence-electron chi connectivity index (χ0n) is 10.4. The third kappa shape index (κ3) is 3.10. The maximum atomic E-state index is 12.4. The SMILES string of the molecule is C[C@H]1CNCCN1C(=O)c1cc(Br)cc([N+](=O)[O-])c1. The Bertz CT molecular complexity index is 521. The molecular weight excluding hydrogens is 314 g/mol. The van der Waals surface area contributed by atoms with Crippen molar-refractivity contribution in [3.05, 3.63) is 38.3 Å². The summed E-state index contributed by atoms with van der Waals surface area (Å²) in [5, 5.41) is 14.0. The van der Waals surface area contributed by atoms with E-state index in [1.165, 1.54) is 12.1 Å². The molecule has 2 rings (SSSR count). The summed E-state index contributed by atoms with van der Waals surface area (Å²) < 4.78 is 0.535. The highest BCUT2D eigenvalue weighted by atomic mass is 79.9. The van der Waals surface area contributed by atoms with Crippen molar-refractivity contribution in [3.8, 4) is 0 Å². The Kier molecular flexibility index (Phi) is 4.16. The molecule has 1 fully saturated rings. The molecule has 19 heavy (non-hydrogen) atoms. The first kappa shape index (κ1) is 14.0. The number of nitrogens with one attached hydrogen (secondary N) is 1. The van der Waals surface area contributed by atoms with E-state index >= 15 is 0 Å². The maximum Gasteiger partial charge on any atom is 0.271 e. The Hall–Kier alpha value is -1.47. The molecule has 102 valence electrons. The summed E-state index contributed by atoms with van der Waals surface area (Å²) in [6.45, 7) is 4.05. The molecule has 0 aliphatic carbocycles. The normalized spacial score (nSPS) is 19.3. The molecule has 1 amide bonds. The standard InChI is InChI=1S/C12H14BrN3O3/c1-8-7-14-2-3-15(8)12(17)9-4-10(13)6-11(5-9)16(18)19/h4-6,8,14H,2-3,7H2,1H3/t8-/m0/s1. The van der Waals surface area contributed by atoms with E-state index < -0.39 is 4.92 Å². The third-order valence-electron chi connectivity index (χ3n) is 3.10. The number of rotatable bonds is 2. The lowest BCUT2D eigenvalue weighted by molar-refractivity contribution is -0.385.